The number of hydrogen-bond acceptors (Lipinski definition) is 5. The van der Waals surface area contributed by atoms with Crippen molar-refractivity contribution < 1.29 is 9.84 Å². The van der Waals surface area contributed by atoms with Gasteiger partial charge in [0.25, 0.3) is 0 Å². The first-order chi connectivity index (χ1) is 7.80. The van der Waals surface area contributed by atoms with Crippen LogP contribution in [0.5, 0.6) is 0 Å². The van der Waals surface area contributed by atoms with Crippen LogP contribution in [0, 0.1) is 11.3 Å². The van der Waals surface area contributed by atoms with Crippen LogP contribution < -0.4 is 5.32 Å². The van der Waals surface area contributed by atoms with Crippen molar-refractivity contribution in [2.45, 2.75) is 12.5 Å². The first-order valence-corrected chi connectivity index (χ1v) is 5.02. The van der Waals surface area contributed by atoms with Gasteiger partial charge in [0.05, 0.1) is 12.6 Å². The van der Waals surface area contributed by atoms with Crippen molar-refractivity contribution >= 4 is 5.69 Å². The number of nitrogens with zero attached hydrogens (tertiary/aromatic N) is 2. The van der Waals surface area contributed by atoms with Gasteiger partial charge in [-0.2, -0.15) is 5.26 Å². The molecule has 5 nitrogen and oxygen atoms in total. The fraction of sp³-hybridized carbons (Fsp3) is 0.455. The summed E-state index contributed by atoms with van der Waals surface area (Å²) in [5.74, 6) is 0. The smallest absolute Gasteiger partial charge is 0.142 e. The molecule has 0 amide bonds. The Morgan fingerprint density at radius 2 is 2.50 bits per heavy atom. The Labute approximate surface area is 94.7 Å². The summed E-state index contributed by atoms with van der Waals surface area (Å²) >= 11 is 0. The number of methoxy groups -OCH3 is 1. The van der Waals surface area contributed by atoms with Crippen LogP contribution in [0.4, 0.5) is 5.69 Å². The Kier molecular flexibility index (Phi) is 5.26. The molecular formula is C11H15N3O2. The van der Waals surface area contributed by atoms with Gasteiger partial charge in [0, 0.05) is 25.6 Å². The second-order valence-corrected chi connectivity index (χ2v) is 3.35. The Bertz CT molecular complexity index is 356. The van der Waals surface area contributed by atoms with E-state index in [0.717, 1.165) is 5.69 Å². The maximum Gasteiger partial charge on any atom is 0.142 e. The van der Waals surface area contributed by atoms with Gasteiger partial charge in [-0.25, -0.2) is 4.98 Å². The van der Waals surface area contributed by atoms with E-state index in [1.165, 1.54) is 0 Å². The zero-order chi connectivity index (χ0) is 11.8. The molecule has 1 unspecified atom stereocenters. The molecule has 0 aliphatic heterocycles. The molecule has 1 atom stereocenters. The number of nitrogens with one attached hydrogen (secondary N) is 1. The topological polar surface area (TPSA) is 78.2 Å². The lowest BCUT2D eigenvalue weighted by atomic mass is 10.2. The van der Waals surface area contributed by atoms with Crippen LogP contribution >= 0.6 is 0 Å². The number of aliphatic hydroxyl groups is 1. The number of ether oxygens (including phenoxy) is 1. The third kappa shape index (κ3) is 3.85. The summed E-state index contributed by atoms with van der Waals surface area (Å²) in [5.41, 5.74) is 1.17. The van der Waals surface area contributed by atoms with Crippen molar-refractivity contribution in [3.8, 4) is 6.07 Å². The molecule has 2 N–H and O–H groups in total. The Balaban J connectivity index is 2.65. The first-order valence-electron chi connectivity index (χ1n) is 5.02. The van der Waals surface area contributed by atoms with Gasteiger partial charge in [-0.15, -0.1) is 0 Å². The van der Waals surface area contributed by atoms with Gasteiger partial charge in [-0.3, -0.25) is 0 Å². The summed E-state index contributed by atoms with van der Waals surface area (Å²) in [7, 11) is 1.61. The molecule has 86 valence electrons. The molecule has 0 aliphatic rings. The van der Waals surface area contributed by atoms with E-state index in [1.54, 1.807) is 25.4 Å². The number of pyridine rings is 1. The van der Waals surface area contributed by atoms with Crippen LogP contribution in [0.3, 0.4) is 0 Å². The Morgan fingerprint density at radius 1 is 1.69 bits per heavy atom. The Hall–Kier alpha value is -1.64. The van der Waals surface area contributed by atoms with Gasteiger partial charge < -0.3 is 15.2 Å². The molecule has 0 bridgehead atoms. The molecule has 0 saturated heterocycles. The second kappa shape index (κ2) is 6.77. The molecule has 5 heteroatoms. The number of hydrogen-bond donors (Lipinski definition) is 2. The maximum atomic E-state index is 8.88. The lowest BCUT2D eigenvalue weighted by Gasteiger charge is -2.17. The van der Waals surface area contributed by atoms with Crippen LogP contribution in [-0.4, -0.2) is 36.5 Å². The van der Waals surface area contributed by atoms with Crippen molar-refractivity contribution in [1.29, 1.82) is 5.26 Å². The van der Waals surface area contributed by atoms with Crippen LogP contribution in [0.25, 0.3) is 0 Å². The minimum Gasteiger partial charge on any atom is -0.396 e. The minimum atomic E-state index is 0.0314. The summed E-state index contributed by atoms with van der Waals surface area (Å²) in [4.78, 5) is 3.88. The van der Waals surface area contributed by atoms with E-state index < -0.39 is 0 Å². The number of rotatable bonds is 6. The molecule has 1 heterocycles. The third-order valence-electron chi connectivity index (χ3n) is 2.09. The highest BCUT2D eigenvalue weighted by Crippen LogP contribution is 2.10. The molecule has 0 fully saturated rings. The molecule has 16 heavy (non-hydrogen) atoms. The summed E-state index contributed by atoms with van der Waals surface area (Å²) in [5, 5.41) is 20.8. The highest BCUT2D eigenvalue weighted by Gasteiger charge is 2.07. The zero-order valence-electron chi connectivity index (χ0n) is 9.18. The van der Waals surface area contributed by atoms with E-state index in [0.29, 0.717) is 18.7 Å². The summed E-state index contributed by atoms with van der Waals surface area (Å²) < 4.78 is 5.03. The normalized spacial score (nSPS) is 11.8. The van der Waals surface area contributed by atoms with Crippen molar-refractivity contribution in [1.82, 2.24) is 4.98 Å². The lowest BCUT2D eigenvalue weighted by Crippen LogP contribution is -2.26. The summed E-state index contributed by atoms with van der Waals surface area (Å²) in [6, 6.07) is 5.45. The average Bonchev–Trinajstić information content (AvgIpc) is 2.30. The number of anilines is 1. The quantitative estimate of drug-likeness (QED) is 0.741. The second-order valence-electron chi connectivity index (χ2n) is 3.35. The SMILES string of the molecule is COCC(CCO)Nc1ccnc(C#N)c1. The van der Waals surface area contributed by atoms with Gasteiger partial charge in [0.2, 0.25) is 0 Å². The van der Waals surface area contributed by atoms with Crippen molar-refractivity contribution in [3.05, 3.63) is 24.0 Å². The van der Waals surface area contributed by atoms with Crippen molar-refractivity contribution in [2.75, 3.05) is 25.6 Å². The van der Waals surface area contributed by atoms with Gasteiger partial charge in [0.1, 0.15) is 11.8 Å². The predicted octanol–water partition coefficient (Wildman–Crippen LogP) is 0.763. The molecule has 0 saturated carbocycles. The molecule has 1 aromatic rings. The largest absolute Gasteiger partial charge is 0.396 e. The van der Waals surface area contributed by atoms with Crippen molar-refractivity contribution in [3.63, 3.8) is 0 Å². The van der Waals surface area contributed by atoms with Crippen LogP contribution in [0.1, 0.15) is 12.1 Å². The van der Waals surface area contributed by atoms with Gasteiger partial charge >= 0.3 is 0 Å². The first kappa shape index (κ1) is 12.4. The zero-order valence-corrected chi connectivity index (χ0v) is 9.18. The summed E-state index contributed by atoms with van der Waals surface area (Å²) in [6.45, 7) is 0.599. The number of nitriles is 1. The predicted molar refractivity (Wildman–Crippen MR) is 59.9 cm³/mol. The highest BCUT2D eigenvalue weighted by molar-refractivity contribution is 5.46. The third-order valence-corrected chi connectivity index (χ3v) is 2.09. The minimum absolute atomic E-state index is 0.0314. The van der Waals surface area contributed by atoms with Crippen LogP contribution in [0.2, 0.25) is 0 Å². The van der Waals surface area contributed by atoms with E-state index in [2.05, 4.69) is 10.3 Å². The maximum absolute atomic E-state index is 8.88. The van der Waals surface area contributed by atoms with E-state index in [-0.39, 0.29) is 12.6 Å². The van der Waals surface area contributed by atoms with E-state index in [1.807, 2.05) is 6.07 Å². The average molecular weight is 221 g/mol. The highest BCUT2D eigenvalue weighted by atomic mass is 16.5. The standard InChI is InChI=1S/C11H15N3O2/c1-16-8-10(3-5-15)14-9-2-4-13-11(6-9)7-12/h2,4,6,10,15H,3,5,8H2,1H3,(H,13,14). The van der Waals surface area contributed by atoms with Gasteiger partial charge in [-0.1, -0.05) is 0 Å². The molecule has 0 radical (unpaired) electrons. The fourth-order valence-corrected chi connectivity index (χ4v) is 1.37. The molecule has 0 aromatic carbocycles. The van der Waals surface area contributed by atoms with Crippen LogP contribution in [0.15, 0.2) is 18.3 Å². The number of aliphatic hydroxyl groups excluding tert-OH is 1. The van der Waals surface area contributed by atoms with E-state index >= 15 is 0 Å². The monoisotopic (exact) mass is 221 g/mol. The molecule has 0 spiro atoms. The van der Waals surface area contributed by atoms with E-state index in [4.69, 9.17) is 15.1 Å². The number of aromatic nitrogens is 1. The van der Waals surface area contributed by atoms with Gasteiger partial charge in [0.15, 0.2) is 0 Å². The fourth-order valence-electron chi connectivity index (χ4n) is 1.37. The lowest BCUT2D eigenvalue weighted by molar-refractivity contribution is 0.170. The molecular weight excluding hydrogens is 206 g/mol. The van der Waals surface area contributed by atoms with Crippen LogP contribution in [-0.2, 0) is 4.74 Å². The molecule has 1 aromatic heterocycles. The Morgan fingerprint density at radius 3 is 3.12 bits per heavy atom. The summed E-state index contributed by atoms with van der Waals surface area (Å²) in [6.07, 6.45) is 2.17. The van der Waals surface area contributed by atoms with Gasteiger partial charge in [-0.05, 0) is 18.6 Å². The van der Waals surface area contributed by atoms with Crippen molar-refractivity contribution in [2.24, 2.45) is 0 Å². The molecule has 1 rings (SSSR count). The molecule has 0 aliphatic carbocycles. The van der Waals surface area contributed by atoms with E-state index in [9.17, 15) is 0 Å².